The highest BCUT2D eigenvalue weighted by molar-refractivity contribution is 7.15. The van der Waals surface area contributed by atoms with Crippen LogP contribution in [0.1, 0.15) is 10.6 Å². The van der Waals surface area contributed by atoms with Crippen LogP contribution in [0.3, 0.4) is 0 Å². The minimum absolute atomic E-state index is 0.0358. The van der Waals surface area contributed by atoms with Crippen LogP contribution in [0, 0.1) is 6.92 Å². The number of thiazole rings is 1. The summed E-state index contributed by atoms with van der Waals surface area (Å²) in [5.41, 5.74) is 1.24. The van der Waals surface area contributed by atoms with Gasteiger partial charge in [0.15, 0.2) is 5.13 Å². The van der Waals surface area contributed by atoms with Crippen molar-refractivity contribution in [1.29, 1.82) is 0 Å². The summed E-state index contributed by atoms with van der Waals surface area (Å²) in [5, 5.41) is 21.9. The summed E-state index contributed by atoms with van der Waals surface area (Å²) in [6.45, 7) is 1.77. The molecule has 0 saturated heterocycles. The Kier molecular flexibility index (Phi) is 3.47. The number of aromatic hydroxyl groups is 1. The fourth-order valence-corrected chi connectivity index (χ4v) is 2.44. The molecule has 0 aliphatic heterocycles. The molecule has 0 bridgehead atoms. The van der Waals surface area contributed by atoms with E-state index < -0.39 is 5.97 Å². The van der Waals surface area contributed by atoms with Gasteiger partial charge in [-0.15, -0.1) is 11.3 Å². The first-order chi connectivity index (χ1) is 8.56. The number of phenolic OH excluding ortho intramolecular Hbond substituents is 1. The molecular formula is C12H12N2O3S. The molecule has 0 fully saturated rings. The van der Waals surface area contributed by atoms with E-state index in [2.05, 4.69) is 10.3 Å². The topological polar surface area (TPSA) is 82.5 Å². The Bertz CT molecular complexity index is 580. The van der Waals surface area contributed by atoms with Crippen LogP contribution in [0.2, 0.25) is 0 Å². The molecule has 0 amide bonds. The lowest BCUT2D eigenvalue weighted by molar-refractivity contribution is -0.136. The summed E-state index contributed by atoms with van der Waals surface area (Å²) >= 11 is 1.28. The van der Waals surface area contributed by atoms with E-state index in [1.54, 1.807) is 31.2 Å². The Labute approximate surface area is 108 Å². The van der Waals surface area contributed by atoms with Gasteiger partial charge in [0.25, 0.3) is 0 Å². The zero-order valence-electron chi connectivity index (χ0n) is 9.67. The van der Waals surface area contributed by atoms with Crippen LogP contribution in [0.5, 0.6) is 5.75 Å². The van der Waals surface area contributed by atoms with E-state index in [0.717, 1.165) is 0 Å². The Morgan fingerprint density at radius 3 is 2.83 bits per heavy atom. The van der Waals surface area contributed by atoms with Crippen LogP contribution >= 0.6 is 11.3 Å². The maximum Gasteiger partial charge on any atom is 0.308 e. The van der Waals surface area contributed by atoms with Gasteiger partial charge in [-0.25, -0.2) is 4.98 Å². The van der Waals surface area contributed by atoms with Gasteiger partial charge in [-0.05, 0) is 19.1 Å². The molecule has 0 atom stereocenters. The van der Waals surface area contributed by atoms with Gasteiger partial charge >= 0.3 is 5.97 Å². The molecule has 94 valence electrons. The van der Waals surface area contributed by atoms with Crippen LogP contribution in [-0.4, -0.2) is 21.2 Å². The second kappa shape index (κ2) is 5.05. The van der Waals surface area contributed by atoms with Gasteiger partial charge in [0.1, 0.15) is 5.75 Å². The van der Waals surface area contributed by atoms with Crippen LogP contribution in [0.4, 0.5) is 10.8 Å². The Balaban J connectivity index is 2.20. The summed E-state index contributed by atoms with van der Waals surface area (Å²) in [5.74, 6) is -0.749. The molecule has 3 N–H and O–H groups in total. The van der Waals surface area contributed by atoms with Crippen LogP contribution in [0.15, 0.2) is 24.3 Å². The lowest BCUT2D eigenvalue weighted by Crippen LogP contribution is -1.99. The van der Waals surface area contributed by atoms with E-state index in [0.29, 0.717) is 21.4 Å². The predicted molar refractivity (Wildman–Crippen MR) is 69.6 cm³/mol. The van der Waals surface area contributed by atoms with Crippen molar-refractivity contribution in [2.45, 2.75) is 13.3 Å². The average molecular weight is 264 g/mol. The van der Waals surface area contributed by atoms with E-state index >= 15 is 0 Å². The number of para-hydroxylation sites is 2. The third-order valence-electron chi connectivity index (χ3n) is 2.35. The van der Waals surface area contributed by atoms with Crippen LogP contribution in [0.25, 0.3) is 0 Å². The van der Waals surface area contributed by atoms with Gasteiger partial charge in [-0.3, -0.25) is 4.79 Å². The number of nitrogens with one attached hydrogen (secondary N) is 1. The maximum atomic E-state index is 10.7. The van der Waals surface area contributed by atoms with Crippen LogP contribution in [-0.2, 0) is 11.2 Å². The van der Waals surface area contributed by atoms with Crippen molar-refractivity contribution >= 4 is 28.1 Å². The molecule has 0 aliphatic carbocycles. The third-order valence-corrected chi connectivity index (χ3v) is 3.42. The molecule has 0 spiro atoms. The summed E-state index contributed by atoms with van der Waals surface area (Å²) in [4.78, 5) is 15.6. The van der Waals surface area contributed by atoms with Gasteiger partial charge in [0, 0.05) is 4.88 Å². The molecule has 0 radical (unpaired) electrons. The number of carboxylic acids is 1. The summed E-state index contributed by atoms with van der Waals surface area (Å²) in [7, 11) is 0. The van der Waals surface area contributed by atoms with Crippen molar-refractivity contribution in [2.75, 3.05) is 5.32 Å². The molecule has 0 saturated carbocycles. The van der Waals surface area contributed by atoms with E-state index in [-0.39, 0.29) is 12.2 Å². The molecule has 1 heterocycles. The van der Waals surface area contributed by atoms with Gasteiger partial charge < -0.3 is 15.5 Å². The van der Waals surface area contributed by atoms with E-state index in [4.69, 9.17) is 5.11 Å². The number of aryl methyl sites for hydroxylation is 1. The molecule has 0 unspecified atom stereocenters. The zero-order chi connectivity index (χ0) is 13.1. The summed E-state index contributed by atoms with van der Waals surface area (Å²) < 4.78 is 0. The predicted octanol–water partition coefficient (Wildman–Crippen LogP) is 2.53. The lowest BCUT2D eigenvalue weighted by Gasteiger charge is -2.03. The largest absolute Gasteiger partial charge is 0.506 e. The minimum Gasteiger partial charge on any atom is -0.506 e. The standard InChI is InChI=1S/C12H12N2O3S/c1-7-10(6-11(16)17)18-12(13-7)14-8-4-2-3-5-9(8)15/h2-5,15H,6H2,1H3,(H,13,14)(H,16,17). The molecule has 5 nitrogen and oxygen atoms in total. The fourth-order valence-electron chi connectivity index (χ4n) is 1.48. The molecule has 1 aromatic heterocycles. The van der Waals surface area contributed by atoms with Gasteiger partial charge in [0.2, 0.25) is 0 Å². The molecule has 2 rings (SSSR count). The number of carboxylic acid groups (broad SMARTS) is 1. The molecule has 1 aromatic carbocycles. The van der Waals surface area contributed by atoms with Crippen molar-refractivity contribution in [2.24, 2.45) is 0 Å². The second-order valence-corrected chi connectivity index (χ2v) is 4.82. The lowest BCUT2D eigenvalue weighted by atomic mass is 10.3. The minimum atomic E-state index is -0.879. The van der Waals surface area contributed by atoms with Crippen molar-refractivity contribution in [3.8, 4) is 5.75 Å². The number of hydrogen-bond acceptors (Lipinski definition) is 5. The molecular weight excluding hydrogens is 252 g/mol. The monoisotopic (exact) mass is 264 g/mol. The fraction of sp³-hybridized carbons (Fsp3) is 0.167. The van der Waals surface area contributed by atoms with Crippen molar-refractivity contribution in [1.82, 2.24) is 4.98 Å². The third kappa shape index (κ3) is 2.78. The average Bonchev–Trinajstić information content (AvgIpc) is 2.62. The number of anilines is 2. The summed E-state index contributed by atoms with van der Waals surface area (Å²) in [6.07, 6.45) is -0.0358. The first-order valence-electron chi connectivity index (χ1n) is 5.29. The molecule has 6 heteroatoms. The number of benzene rings is 1. The number of aliphatic carboxylic acids is 1. The maximum absolute atomic E-state index is 10.7. The number of carbonyl (C=O) groups is 1. The first kappa shape index (κ1) is 12.4. The Morgan fingerprint density at radius 2 is 2.17 bits per heavy atom. The number of phenols is 1. The number of hydrogen-bond donors (Lipinski definition) is 3. The smallest absolute Gasteiger partial charge is 0.308 e. The van der Waals surface area contributed by atoms with E-state index in [1.807, 2.05) is 0 Å². The second-order valence-electron chi connectivity index (χ2n) is 3.74. The molecule has 18 heavy (non-hydrogen) atoms. The summed E-state index contributed by atoms with van der Waals surface area (Å²) in [6, 6.07) is 6.81. The SMILES string of the molecule is Cc1nc(Nc2ccccc2O)sc1CC(=O)O. The first-order valence-corrected chi connectivity index (χ1v) is 6.11. The van der Waals surface area contributed by atoms with E-state index in [9.17, 15) is 9.90 Å². The normalized spacial score (nSPS) is 10.3. The number of nitrogens with zero attached hydrogens (tertiary/aromatic N) is 1. The number of rotatable bonds is 4. The van der Waals surface area contributed by atoms with Crippen molar-refractivity contribution < 1.29 is 15.0 Å². The van der Waals surface area contributed by atoms with Crippen molar-refractivity contribution in [3.63, 3.8) is 0 Å². The zero-order valence-corrected chi connectivity index (χ0v) is 10.5. The Morgan fingerprint density at radius 1 is 1.44 bits per heavy atom. The van der Waals surface area contributed by atoms with Crippen molar-refractivity contribution in [3.05, 3.63) is 34.8 Å². The quantitative estimate of drug-likeness (QED) is 0.739. The van der Waals surface area contributed by atoms with Gasteiger partial charge in [-0.1, -0.05) is 12.1 Å². The highest BCUT2D eigenvalue weighted by Crippen LogP contribution is 2.30. The Hall–Kier alpha value is -2.08. The molecule has 2 aromatic rings. The van der Waals surface area contributed by atoms with Crippen LogP contribution < -0.4 is 5.32 Å². The van der Waals surface area contributed by atoms with Gasteiger partial charge in [0.05, 0.1) is 17.8 Å². The van der Waals surface area contributed by atoms with E-state index in [1.165, 1.54) is 11.3 Å². The van der Waals surface area contributed by atoms with Gasteiger partial charge in [-0.2, -0.15) is 0 Å². The highest BCUT2D eigenvalue weighted by Gasteiger charge is 2.11. The number of aromatic nitrogens is 1. The highest BCUT2D eigenvalue weighted by atomic mass is 32.1. The molecule has 0 aliphatic rings.